The van der Waals surface area contributed by atoms with Gasteiger partial charge in [-0.3, -0.25) is 0 Å². The number of hydrogen-bond acceptors (Lipinski definition) is 2. The highest BCUT2D eigenvalue weighted by Crippen LogP contribution is 2.24. The Hall–Kier alpha value is -1.02. The van der Waals surface area contributed by atoms with Crippen LogP contribution in [0.25, 0.3) is 0 Å². The summed E-state index contributed by atoms with van der Waals surface area (Å²) in [5, 5.41) is 3.49. The van der Waals surface area contributed by atoms with Crippen molar-refractivity contribution in [2.45, 2.75) is 47.6 Å². The molecule has 1 unspecified atom stereocenters. The molecule has 0 amide bonds. The molecular formula is C17H29NO. The molecule has 1 aromatic carbocycles. The normalized spacial score (nSPS) is 12.7. The van der Waals surface area contributed by atoms with E-state index in [1.165, 1.54) is 11.1 Å². The topological polar surface area (TPSA) is 21.3 Å². The number of nitrogens with one attached hydrogen (secondary N) is 1. The fourth-order valence-electron chi connectivity index (χ4n) is 1.90. The molecule has 0 aliphatic rings. The number of ether oxygens (including phenoxy) is 1. The molecule has 0 saturated heterocycles. The van der Waals surface area contributed by atoms with Crippen LogP contribution in [0.1, 0.15) is 45.2 Å². The van der Waals surface area contributed by atoms with E-state index >= 15 is 0 Å². The number of benzene rings is 1. The molecule has 0 aliphatic heterocycles. The number of aryl methyl sites for hydroxylation is 1. The summed E-state index contributed by atoms with van der Waals surface area (Å²) in [6.45, 7) is 13.7. The van der Waals surface area contributed by atoms with E-state index in [1.807, 2.05) is 0 Å². The van der Waals surface area contributed by atoms with Crippen molar-refractivity contribution in [1.82, 2.24) is 5.32 Å². The third-order valence-electron chi connectivity index (χ3n) is 3.37. The van der Waals surface area contributed by atoms with Crippen molar-refractivity contribution in [3.63, 3.8) is 0 Å². The Bertz CT molecular complexity index is 374. The van der Waals surface area contributed by atoms with Crippen LogP contribution in [0.3, 0.4) is 0 Å². The molecule has 0 saturated carbocycles. The number of hydrogen-bond donors (Lipinski definition) is 1. The second-order valence-electron chi connectivity index (χ2n) is 5.91. The van der Waals surface area contributed by atoms with Gasteiger partial charge in [-0.15, -0.1) is 0 Å². The van der Waals surface area contributed by atoms with Gasteiger partial charge in [0.15, 0.2) is 0 Å². The van der Waals surface area contributed by atoms with Gasteiger partial charge in [0.1, 0.15) is 5.75 Å². The Balaban J connectivity index is 2.66. The lowest BCUT2D eigenvalue weighted by molar-refractivity contribution is 0.252. The first kappa shape index (κ1) is 16.0. The highest BCUT2D eigenvalue weighted by atomic mass is 16.5. The third-order valence-corrected chi connectivity index (χ3v) is 3.37. The van der Waals surface area contributed by atoms with E-state index in [9.17, 15) is 0 Å². The summed E-state index contributed by atoms with van der Waals surface area (Å²) in [7, 11) is 0. The molecule has 0 spiro atoms. The summed E-state index contributed by atoms with van der Waals surface area (Å²) in [5.41, 5.74) is 2.50. The average Bonchev–Trinajstić information content (AvgIpc) is 2.37. The monoisotopic (exact) mass is 263 g/mol. The molecule has 2 nitrogen and oxygen atoms in total. The molecule has 0 aromatic heterocycles. The summed E-state index contributed by atoms with van der Waals surface area (Å²) >= 11 is 0. The van der Waals surface area contributed by atoms with Gasteiger partial charge in [-0.2, -0.15) is 0 Å². The quantitative estimate of drug-likeness (QED) is 0.760. The van der Waals surface area contributed by atoms with E-state index in [1.54, 1.807) is 0 Å². The molecule has 2 heteroatoms. The van der Waals surface area contributed by atoms with Crippen molar-refractivity contribution >= 4 is 0 Å². The van der Waals surface area contributed by atoms with Crippen molar-refractivity contribution in [3.05, 3.63) is 29.3 Å². The highest BCUT2D eigenvalue weighted by molar-refractivity contribution is 5.40. The fraction of sp³-hybridized carbons (Fsp3) is 0.647. The largest absolute Gasteiger partial charge is 0.493 e. The molecule has 1 aromatic rings. The summed E-state index contributed by atoms with van der Waals surface area (Å²) < 4.78 is 6.04. The van der Waals surface area contributed by atoms with Crippen LogP contribution in [0.4, 0.5) is 0 Å². The van der Waals surface area contributed by atoms with Crippen LogP contribution < -0.4 is 10.1 Å². The maximum absolute atomic E-state index is 6.04. The molecule has 1 rings (SSSR count). The summed E-state index contributed by atoms with van der Waals surface area (Å²) in [5.74, 6) is 2.35. The van der Waals surface area contributed by atoms with Gasteiger partial charge < -0.3 is 10.1 Å². The molecular weight excluding hydrogens is 234 g/mol. The second kappa shape index (κ2) is 8.21. The highest BCUT2D eigenvalue weighted by Gasteiger charge is 2.08. The van der Waals surface area contributed by atoms with E-state index in [2.05, 4.69) is 58.1 Å². The number of para-hydroxylation sites is 1. The standard InChI is InChI=1S/C17H29NO/c1-6-14(4)12-19-17-15(5)8-7-9-16(17)11-18-10-13(2)3/h7-9,13-14,18H,6,10-12H2,1-5H3. The number of rotatable bonds is 8. The lowest BCUT2D eigenvalue weighted by Gasteiger charge is -2.17. The van der Waals surface area contributed by atoms with Gasteiger partial charge in [0.2, 0.25) is 0 Å². The van der Waals surface area contributed by atoms with Gasteiger partial charge >= 0.3 is 0 Å². The fourth-order valence-corrected chi connectivity index (χ4v) is 1.90. The zero-order chi connectivity index (χ0) is 14.3. The summed E-state index contributed by atoms with van der Waals surface area (Å²) in [4.78, 5) is 0. The maximum atomic E-state index is 6.04. The Morgan fingerprint density at radius 2 is 1.95 bits per heavy atom. The van der Waals surface area contributed by atoms with Gasteiger partial charge in [-0.1, -0.05) is 52.3 Å². The van der Waals surface area contributed by atoms with Gasteiger partial charge in [-0.05, 0) is 30.9 Å². The Labute approximate surface area is 118 Å². The van der Waals surface area contributed by atoms with Gasteiger partial charge in [-0.25, -0.2) is 0 Å². The maximum Gasteiger partial charge on any atom is 0.126 e. The lowest BCUT2D eigenvalue weighted by atomic mass is 10.1. The van der Waals surface area contributed by atoms with Crippen molar-refractivity contribution in [2.75, 3.05) is 13.2 Å². The minimum Gasteiger partial charge on any atom is -0.493 e. The zero-order valence-electron chi connectivity index (χ0n) is 13.1. The van der Waals surface area contributed by atoms with E-state index < -0.39 is 0 Å². The van der Waals surface area contributed by atoms with Crippen LogP contribution in [0.15, 0.2) is 18.2 Å². The lowest BCUT2D eigenvalue weighted by Crippen LogP contribution is -2.20. The smallest absolute Gasteiger partial charge is 0.126 e. The first-order chi connectivity index (χ1) is 9.04. The summed E-state index contributed by atoms with van der Waals surface area (Å²) in [6, 6.07) is 6.39. The molecule has 1 N–H and O–H groups in total. The first-order valence-corrected chi connectivity index (χ1v) is 7.46. The Kier molecular flexibility index (Phi) is 6.93. The predicted molar refractivity (Wildman–Crippen MR) is 82.7 cm³/mol. The molecule has 108 valence electrons. The summed E-state index contributed by atoms with van der Waals surface area (Å²) in [6.07, 6.45) is 1.16. The molecule has 0 radical (unpaired) electrons. The molecule has 0 aliphatic carbocycles. The molecule has 1 atom stereocenters. The predicted octanol–water partition coefficient (Wildman–Crippen LogP) is 4.17. The van der Waals surface area contributed by atoms with Crippen LogP contribution in [0, 0.1) is 18.8 Å². The van der Waals surface area contributed by atoms with Crippen molar-refractivity contribution in [3.8, 4) is 5.75 Å². The van der Waals surface area contributed by atoms with Crippen LogP contribution in [0.5, 0.6) is 5.75 Å². The Morgan fingerprint density at radius 1 is 1.21 bits per heavy atom. The van der Waals surface area contributed by atoms with Gasteiger partial charge in [0, 0.05) is 12.1 Å². The van der Waals surface area contributed by atoms with Crippen molar-refractivity contribution < 1.29 is 4.74 Å². The SMILES string of the molecule is CCC(C)COc1c(C)cccc1CNCC(C)C. The van der Waals surface area contributed by atoms with E-state index in [-0.39, 0.29) is 0 Å². The minimum atomic E-state index is 0.607. The van der Waals surface area contributed by atoms with E-state index in [4.69, 9.17) is 4.74 Å². The molecule has 0 heterocycles. The minimum absolute atomic E-state index is 0.607. The van der Waals surface area contributed by atoms with Crippen LogP contribution in [-0.2, 0) is 6.54 Å². The van der Waals surface area contributed by atoms with Crippen molar-refractivity contribution in [1.29, 1.82) is 0 Å². The Morgan fingerprint density at radius 3 is 2.58 bits per heavy atom. The first-order valence-electron chi connectivity index (χ1n) is 7.46. The molecule has 19 heavy (non-hydrogen) atoms. The van der Waals surface area contributed by atoms with Crippen LogP contribution >= 0.6 is 0 Å². The second-order valence-corrected chi connectivity index (χ2v) is 5.91. The third kappa shape index (κ3) is 5.65. The van der Waals surface area contributed by atoms with Crippen LogP contribution in [-0.4, -0.2) is 13.2 Å². The van der Waals surface area contributed by atoms with Gasteiger partial charge in [0.05, 0.1) is 6.61 Å². The van der Waals surface area contributed by atoms with Crippen LogP contribution in [0.2, 0.25) is 0 Å². The molecule has 0 fully saturated rings. The zero-order valence-corrected chi connectivity index (χ0v) is 13.1. The van der Waals surface area contributed by atoms with E-state index in [0.29, 0.717) is 11.8 Å². The average molecular weight is 263 g/mol. The van der Waals surface area contributed by atoms with Gasteiger partial charge in [0.25, 0.3) is 0 Å². The molecule has 0 bridgehead atoms. The van der Waals surface area contributed by atoms with E-state index in [0.717, 1.165) is 31.9 Å². The van der Waals surface area contributed by atoms with Crippen molar-refractivity contribution in [2.24, 2.45) is 11.8 Å².